The molecule has 1 aromatic heterocycles. The van der Waals surface area contributed by atoms with Crippen LogP contribution in [-0.4, -0.2) is 32.0 Å². The Kier molecular flexibility index (Phi) is 7.82. The number of benzene rings is 2. The van der Waals surface area contributed by atoms with Gasteiger partial charge in [0.05, 0.1) is 32.8 Å². The number of hydrogen-bond donors (Lipinski definition) is 0. The van der Waals surface area contributed by atoms with E-state index in [0.717, 1.165) is 31.2 Å². The summed E-state index contributed by atoms with van der Waals surface area (Å²) in [5.74, 6) is 2.06. The molecular formula is C31H36FNO6. The van der Waals surface area contributed by atoms with Gasteiger partial charge in [-0.05, 0) is 84.7 Å². The van der Waals surface area contributed by atoms with E-state index in [1.807, 2.05) is 24.3 Å². The standard InChI is InChI=1S/C31H36FNO6/c1-31(2)15-19(16-31)17-38-30-27(33-39-29(30)25-13-22(35-3)10-11-26(25)32)18-37-23-7-5-6-21(12-23)24(20-8-9-20)14-28(34)36-4/h5-7,10-13,19-20,24H,8-9,14-18H2,1-4H3/t24-/m0/s1. The van der Waals surface area contributed by atoms with E-state index in [1.54, 1.807) is 12.1 Å². The monoisotopic (exact) mass is 537 g/mol. The van der Waals surface area contributed by atoms with Gasteiger partial charge in [-0.25, -0.2) is 4.39 Å². The maximum absolute atomic E-state index is 14.9. The topological polar surface area (TPSA) is 80.0 Å². The fraction of sp³-hybridized carbons (Fsp3) is 0.484. The first kappa shape index (κ1) is 27.0. The quantitative estimate of drug-likeness (QED) is 0.232. The third-order valence-corrected chi connectivity index (χ3v) is 7.75. The van der Waals surface area contributed by atoms with Gasteiger partial charge in [0, 0.05) is 0 Å². The highest BCUT2D eigenvalue weighted by molar-refractivity contribution is 5.70. The van der Waals surface area contributed by atoms with Crippen LogP contribution in [0.3, 0.4) is 0 Å². The Balaban J connectivity index is 1.36. The Bertz CT molecular complexity index is 1310. The van der Waals surface area contributed by atoms with Gasteiger partial charge in [0.2, 0.25) is 5.76 Å². The molecule has 208 valence electrons. The largest absolute Gasteiger partial charge is 0.497 e. The molecule has 2 fully saturated rings. The van der Waals surface area contributed by atoms with Crippen molar-refractivity contribution in [3.63, 3.8) is 0 Å². The van der Waals surface area contributed by atoms with Gasteiger partial charge >= 0.3 is 5.97 Å². The molecule has 39 heavy (non-hydrogen) atoms. The molecule has 0 spiro atoms. The van der Waals surface area contributed by atoms with E-state index in [-0.39, 0.29) is 29.8 Å². The lowest BCUT2D eigenvalue weighted by Gasteiger charge is -2.42. The number of hydrogen-bond acceptors (Lipinski definition) is 7. The van der Waals surface area contributed by atoms with Gasteiger partial charge < -0.3 is 23.5 Å². The summed E-state index contributed by atoms with van der Waals surface area (Å²) in [5, 5.41) is 4.21. The molecule has 8 heteroatoms. The first-order valence-corrected chi connectivity index (χ1v) is 13.5. The molecule has 0 saturated heterocycles. The molecule has 5 rings (SSSR count). The highest BCUT2D eigenvalue weighted by Gasteiger charge is 2.37. The summed E-state index contributed by atoms with van der Waals surface area (Å²) in [4.78, 5) is 12.0. The van der Waals surface area contributed by atoms with Crippen LogP contribution in [-0.2, 0) is 16.1 Å². The molecule has 2 aliphatic carbocycles. The van der Waals surface area contributed by atoms with E-state index in [1.165, 1.54) is 20.3 Å². The molecular weight excluding hydrogens is 501 g/mol. The normalized spacial score (nSPS) is 17.3. The molecule has 0 aliphatic heterocycles. The number of nitrogens with zero attached hydrogens (tertiary/aromatic N) is 1. The third-order valence-electron chi connectivity index (χ3n) is 7.75. The first-order chi connectivity index (χ1) is 18.8. The minimum absolute atomic E-state index is 0.0785. The van der Waals surface area contributed by atoms with Gasteiger partial charge in [-0.15, -0.1) is 0 Å². The Labute approximate surface area is 228 Å². The molecule has 2 aromatic carbocycles. The second kappa shape index (κ2) is 11.3. The number of halogens is 1. The van der Waals surface area contributed by atoms with Gasteiger partial charge in [-0.3, -0.25) is 4.79 Å². The summed E-state index contributed by atoms with van der Waals surface area (Å²) in [5.41, 5.74) is 2.02. The van der Waals surface area contributed by atoms with Gasteiger partial charge in [-0.2, -0.15) is 0 Å². The number of rotatable bonds is 12. The molecule has 0 N–H and O–H groups in total. The lowest BCUT2D eigenvalue weighted by Crippen LogP contribution is -2.35. The van der Waals surface area contributed by atoms with Crippen LogP contribution in [0.5, 0.6) is 17.2 Å². The van der Waals surface area contributed by atoms with Crippen molar-refractivity contribution in [2.24, 2.45) is 17.3 Å². The van der Waals surface area contributed by atoms with Gasteiger partial charge in [-0.1, -0.05) is 31.1 Å². The molecule has 2 aliphatic rings. The average molecular weight is 538 g/mol. The van der Waals surface area contributed by atoms with Crippen LogP contribution >= 0.6 is 0 Å². The number of ether oxygens (including phenoxy) is 4. The molecule has 1 heterocycles. The number of esters is 1. The van der Waals surface area contributed by atoms with Crippen LogP contribution in [0.4, 0.5) is 4.39 Å². The highest BCUT2D eigenvalue weighted by Crippen LogP contribution is 2.46. The van der Waals surface area contributed by atoms with Crippen molar-refractivity contribution in [3.05, 3.63) is 59.5 Å². The SMILES string of the molecule is COC(=O)C[C@H](c1cccc(OCc2noc(-c3cc(OC)ccc3F)c2OCC2CC(C)(C)C2)c1)C1CC1. The van der Waals surface area contributed by atoms with Crippen molar-refractivity contribution in [3.8, 4) is 28.6 Å². The Morgan fingerprint density at radius 3 is 2.59 bits per heavy atom. The maximum Gasteiger partial charge on any atom is 0.306 e. The van der Waals surface area contributed by atoms with Crippen LogP contribution < -0.4 is 14.2 Å². The minimum Gasteiger partial charge on any atom is -0.497 e. The maximum atomic E-state index is 14.9. The fourth-order valence-electron chi connectivity index (χ4n) is 5.66. The zero-order chi connectivity index (χ0) is 27.6. The molecule has 1 atom stereocenters. The smallest absolute Gasteiger partial charge is 0.306 e. The van der Waals surface area contributed by atoms with Crippen molar-refractivity contribution >= 4 is 5.97 Å². The van der Waals surface area contributed by atoms with E-state index in [0.29, 0.717) is 53.2 Å². The van der Waals surface area contributed by atoms with E-state index in [9.17, 15) is 9.18 Å². The Morgan fingerprint density at radius 2 is 1.90 bits per heavy atom. The number of carbonyl (C=O) groups excluding carboxylic acids is 1. The summed E-state index contributed by atoms with van der Waals surface area (Å²) in [6.07, 6.45) is 4.68. The predicted molar refractivity (Wildman–Crippen MR) is 143 cm³/mol. The highest BCUT2D eigenvalue weighted by atomic mass is 19.1. The van der Waals surface area contributed by atoms with E-state index >= 15 is 0 Å². The zero-order valence-electron chi connectivity index (χ0n) is 23.0. The van der Waals surface area contributed by atoms with Crippen molar-refractivity contribution < 1.29 is 32.7 Å². The summed E-state index contributed by atoms with van der Waals surface area (Å²) < 4.78 is 43.1. The summed E-state index contributed by atoms with van der Waals surface area (Å²) >= 11 is 0. The Morgan fingerprint density at radius 1 is 1.10 bits per heavy atom. The van der Waals surface area contributed by atoms with Crippen molar-refractivity contribution in [1.82, 2.24) is 5.16 Å². The predicted octanol–water partition coefficient (Wildman–Crippen LogP) is 6.94. The van der Waals surface area contributed by atoms with Gasteiger partial charge in [0.15, 0.2) is 11.4 Å². The van der Waals surface area contributed by atoms with Crippen molar-refractivity contribution in [2.75, 3.05) is 20.8 Å². The minimum atomic E-state index is -0.460. The first-order valence-electron chi connectivity index (χ1n) is 13.5. The summed E-state index contributed by atoms with van der Waals surface area (Å²) in [6.45, 7) is 5.05. The molecule has 0 radical (unpaired) electrons. The average Bonchev–Trinajstić information content (AvgIpc) is 3.68. The molecule has 0 unspecified atom stereocenters. The lowest BCUT2D eigenvalue weighted by molar-refractivity contribution is -0.141. The number of methoxy groups -OCH3 is 2. The van der Waals surface area contributed by atoms with Crippen LogP contribution in [0.15, 0.2) is 47.0 Å². The van der Waals surface area contributed by atoms with Crippen LogP contribution in [0.25, 0.3) is 11.3 Å². The van der Waals surface area contributed by atoms with Crippen LogP contribution in [0.1, 0.15) is 63.1 Å². The van der Waals surface area contributed by atoms with Crippen molar-refractivity contribution in [1.29, 1.82) is 0 Å². The molecule has 0 amide bonds. The van der Waals surface area contributed by atoms with E-state index in [4.69, 9.17) is 23.5 Å². The fourth-order valence-corrected chi connectivity index (χ4v) is 5.66. The summed E-state index contributed by atoms with van der Waals surface area (Å²) in [7, 11) is 2.94. The summed E-state index contributed by atoms with van der Waals surface area (Å²) in [6, 6.07) is 12.2. The number of carbonyl (C=O) groups is 1. The molecule has 0 bridgehead atoms. The van der Waals surface area contributed by atoms with Gasteiger partial charge in [0.25, 0.3) is 0 Å². The third kappa shape index (κ3) is 6.37. The van der Waals surface area contributed by atoms with Gasteiger partial charge in [0.1, 0.15) is 23.9 Å². The second-order valence-electron chi connectivity index (χ2n) is 11.5. The second-order valence-corrected chi connectivity index (χ2v) is 11.5. The zero-order valence-corrected chi connectivity index (χ0v) is 23.0. The van der Waals surface area contributed by atoms with Crippen LogP contribution in [0.2, 0.25) is 0 Å². The van der Waals surface area contributed by atoms with E-state index in [2.05, 4.69) is 19.0 Å². The van der Waals surface area contributed by atoms with Crippen molar-refractivity contribution in [2.45, 2.75) is 58.5 Å². The molecule has 3 aromatic rings. The van der Waals surface area contributed by atoms with E-state index < -0.39 is 5.82 Å². The van der Waals surface area contributed by atoms with Crippen LogP contribution in [0, 0.1) is 23.1 Å². The lowest BCUT2D eigenvalue weighted by atomic mass is 9.65. The molecule has 2 saturated carbocycles. The number of aromatic nitrogens is 1. The molecule has 7 nitrogen and oxygen atoms in total. The Hall–Kier alpha value is -3.55.